The summed E-state index contributed by atoms with van der Waals surface area (Å²) in [5.41, 5.74) is 1.84. The summed E-state index contributed by atoms with van der Waals surface area (Å²) in [6.07, 6.45) is 1.78. The first-order valence-corrected chi connectivity index (χ1v) is 8.24. The monoisotopic (exact) mass is 361 g/mol. The molecule has 2 aromatic rings. The molecule has 0 unspecified atom stereocenters. The van der Waals surface area contributed by atoms with E-state index in [1.54, 1.807) is 12.1 Å². The summed E-state index contributed by atoms with van der Waals surface area (Å²) in [6.45, 7) is 3.35. The van der Waals surface area contributed by atoms with Gasteiger partial charge in [0.15, 0.2) is 0 Å². The van der Waals surface area contributed by atoms with Crippen molar-refractivity contribution in [3.05, 3.63) is 64.1 Å². The van der Waals surface area contributed by atoms with Crippen molar-refractivity contribution in [3.8, 4) is 5.75 Å². The van der Waals surface area contributed by atoms with Crippen LogP contribution in [0, 0.1) is 0 Å². The topological polar surface area (TPSA) is 38.3 Å². The van der Waals surface area contributed by atoms with Gasteiger partial charge in [-0.25, -0.2) is 0 Å². The Hall–Kier alpha value is -1.81. The first kappa shape index (κ1) is 16.6. The van der Waals surface area contributed by atoms with E-state index in [9.17, 15) is 4.79 Å². The zero-order valence-corrected chi connectivity index (χ0v) is 14.2. The molecule has 0 aliphatic rings. The summed E-state index contributed by atoms with van der Waals surface area (Å²) < 4.78 is 6.38. The normalized spacial score (nSPS) is 10.3. The molecule has 116 valence electrons. The summed E-state index contributed by atoms with van der Waals surface area (Å²) in [5, 5.41) is 2.94. The molecule has 0 aliphatic carbocycles. The Morgan fingerprint density at radius 1 is 1.18 bits per heavy atom. The van der Waals surface area contributed by atoms with E-state index in [0.29, 0.717) is 18.7 Å². The van der Waals surface area contributed by atoms with Gasteiger partial charge in [-0.3, -0.25) is 4.79 Å². The minimum absolute atomic E-state index is 0.0707. The quantitative estimate of drug-likeness (QED) is 0.801. The Balaban J connectivity index is 1.88. The first-order valence-electron chi connectivity index (χ1n) is 7.45. The third-order valence-corrected chi connectivity index (χ3v) is 3.82. The maximum Gasteiger partial charge on any atom is 0.251 e. The summed E-state index contributed by atoms with van der Waals surface area (Å²) >= 11 is 3.45. The molecule has 0 radical (unpaired) electrons. The molecular weight excluding hydrogens is 342 g/mol. The molecule has 0 fully saturated rings. The summed E-state index contributed by atoms with van der Waals surface area (Å²) in [6, 6.07) is 15.5. The predicted molar refractivity (Wildman–Crippen MR) is 92.4 cm³/mol. The summed E-state index contributed by atoms with van der Waals surface area (Å²) in [4.78, 5) is 12.1. The molecule has 0 saturated carbocycles. The summed E-state index contributed by atoms with van der Waals surface area (Å²) in [5.74, 6) is 0.696. The lowest BCUT2D eigenvalue weighted by Gasteiger charge is -2.09. The van der Waals surface area contributed by atoms with Crippen LogP contribution in [0.4, 0.5) is 0 Å². The third-order valence-electron chi connectivity index (χ3n) is 3.20. The van der Waals surface area contributed by atoms with Crippen molar-refractivity contribution in [1.29, 1.82) is 0 Å². The van der Waals surface area contributed by atoms with Crippen molar-refractivity contribution in [2.24, 2.45) is 0 Å². The molecule has 0 aromatic heterocycles. The van der Waals surface area contributed by atoms with E-state index in [2.05, 4.69) is 40.3 Å². The van der Waals surface area contributed by atoms with Crippen molar-refractivity contribution in [2.75, 3.05) is 13.2 Å². The van der Waals surface area contributed by atoms with E-state index in [4.69, 9.17) is 4.74 Å². The molecule has 1 amide bonds. The molecule has 2 aromatic carbocycles. The predicted octanol–water partition coefficient (Wildman–Crippen LogP) is 4.21. The van der Waals surface area contributed by atoms with Gasteiger partial charge in [0, 0.05) is 12.1 Å². The van der Waals surface area contributed by atoms with Gasteiger partial charge in [0.2, 0.25) is 0 Å². The van der Waals surface area contributed by atoms with Crippen LogP contribution in [0.2, 0.25) is 0 Å². The Morgan fingerprint density at radius 3 is 2.64 bits per heavy atom. The second-order valence-corrected chi connectivity index (χ2v) is 5.84. The van der Waals surface area contributed by atoms with E-state index in [1.807, 2.05) is 24.3 Å². The van der Waals surface area contributed by atoms with Crippen LogP contribution in [-0.2, 0) is 6.42 Å². The van der Waals surface area contributed by atoms with E-state index in [1.165, 1.54) is 5.56 Å². The molecule has 3 nitrogen and oxygen atoms in total. The van der Waals surface area contributed by atoms with Crippen LogP contribution in [0.5, 0.6) is 5.75 Å². The van der Waals surface area contributed by atoms with Gasteiger partial charge in [-0.15, -0.1) is 0 Å². The van der Waals surface area contributed by atoms with Gasteiger partial charge in [-0.05, 0) is 52.5 Å². The van der Waals surface area contributed by atoms with Crippen LogP contribution in [0.15, 0.2) is 53.0 Å². The second-order valence-electron chi connectivity index (χ2n) is 4.99. The molecule has 0 bridgehead atoms. The Labute approximate surface area is 139 Å². The van der Waals surface area contributed by atoms with Gasteiger partial charge in [0.05, 0.1) is 11.1 Å². The highest BCUT2D eigenvalue weighted by Gasteiger charge is 2.08. The molecule has 22 heavy (non-hydrogen) atoms. The standard InChI is InChI=1S/C18H20BrNO2/c1-2-12-22-17-9-8-15(13-16(17)19)18(21)20-11-10-14-6-4-3-5-7-14/h3-9,13H,2,10-12H2,1H3,(H,20,21). The Kier molecular flexibility index (Phi) is 6.46. The van der Waals surface area contributed by atoms with Crippen LogP contribution in [-0.4, -0.2) is 19.1 Å². The molecule has 0 spiro atoms. The lowest BCUT2D eigenvalue weighted by atomic mass is 10.1. The number of halogens is 1. The second kappa shape index (κ2) is 8.59. The highest BCUT2D eigenvalue weighted by Crippen LogP contribution is 2.26. The molecule has 4 heteroatoms. The lowest BCUT2D eigenvalue weighted by molar-refractivity contribution is 0.0954. The maximum absolute atomic E-state index is 12.1. The van der Waals surface area contributed by atoms with Gasteiger partial charge in [-0.1, -0.05) is 37.3 Å². The van der Waals surface area contributed by atoms with Crippen LogP contribution in [0.25, 0.3) is 0 Å². The zero-order valence-electron chi connectivity index (χ0n) is 12.6. The SMILES string of the molecule is CCCOc1ccc(C(=O)NCCc2ccccc2)cc1Br. The van der Waals surface area contributed by atoms with Gasteiger partial charge < -0.3 is 10.1 Å². The Morgan fingerprint density at radius 2 is 1.95 bits per heavy atom. The fourth-order valence-electron chi connectivity index (χ4n) is 2.04. The highest BCUT2D eigenvalue weighted by molar-refractivity contribution is 9.10. The van der Waals surface area contributed by atoms with Crippen LogP contribution in [0.3, 0.4) is 0 Å². The molecule has 0 heterocycles. The fraction of sp³-hybridized carbons (Fsp3) is 0.278. The lowest BCUT2D eigenvalue weighted by Crippen LogP contribution is -2.25. The zero-order chi connectivity index (χ0) is 15.8. The van der Waals surface area contributed by atoms with Gasteiger partial charge in [-0.2, -0.15) is 0 Å². The number of carbonyl (C=O) groups excluding carboxylic acids is 1. The number of ether oxygens (including phenoxy) is 1. The van der Waals surface area contributed by atoms with Crippen molar-refractivity contribution in [3.63, 3.8) is 0 Å². The van der Waals surface area contributed by atoms with Crippen molar-refractivity contribution in [1.82, 2.24) is 5.32 Å². The van der Waals surface area contributed by atoms with Crippen molar-refractivity contribution < 1.29 is 9.53 Å². The molecular formula is C18H20BrNO2. The van der Waals surface area contributed by atoms with E-state index in [-0.39, 0.29) is 5.91 Å². The maximum atomic E-state index is 12.1. The Bertz CT molecular complexity index is 614. The summed E-state index contributed by atoms with van der Waals surface area (Å²) in [7, 11) is 0. The molecule has 0 atom stereocenters. The van der Waals surface area contributed by atoms with Crippen molar-refractivity contribution >= 4 is 21.8 Å². The van der Waals surface area contributed by atoms with E-state index < -0.39 is 0 Å². The number of hydrogen-bond acceptors (Lipinski definition) is 2. The molecule has 1 N–H and O–H groups in total. The minimum Gasteiger partial charge on any atom is -0.492 e. The first-order chi connectivity index (χ1) is 10.7. The van der Waals surface area contributed by atoms with Gasteiger partial charge >= 0.3 is 0 Å². The smallest absolute Gasteiger partial charge is 0.251 e. The van der Waals surface area contributed by atoms with Gasteiger partial charge in [0.25, 0.3) is 5.91 Å². The average molecular weight is 362 g/mol. The molecule has 0 aliphatic heterocycles. The average Bonchev–Trinajstić information content (AvgIpc) is 2.54. The van der Waals surface area contributed by atoms with Gasteiger partial charge in [0.1, 0.15) is 5.75 Å². The highest BCUT2D eigenvalue weighted by atomic mass is 79.9. The molecule has 0 saturated heterocycles. The largest absolute Gasteiger partial charge is 0.492 e. The number of carbonyl (C=O) groups is 1. The number of hydrogen-bond donors (Lipinski definition) is 1. The van der Waals surface area contributed by atoms with Crippen molar-refractivity contribution in [2.45, 2.75) is 19.8 Å². The molecule has 2 rings (SSSR count). The minimum atomic E-state index is -0.0707. The van der Waals surface area contributed by atoms with Crippen LogP contribution >= 0.6 is 15.9 Å². The number of amides is 1. The van der Waals surface area contributed by atoms with E-state index >= 15 is 0 Å². The van der Waals surface area contributed by atoms with Crippen LogP contribution in [0.1, 0.15) is 29.3 Å². The third kappa shape index (κ3) is 4.88. The fourth-order valence-corrected chi connectivity index (χ4v) is 2.53. The van der Waals surface area contributed by atoms with E-state index in [0.717, 1.165) is 23.1 Å². The number of nitrogens with one attached hydrogen (secondary N) is 1. The van der Waals surface area contributed by atoms with Crippen LogP contribution < -0.4 is 10.1 Å². The number of rotatable bonds is 7. The number of benzene rings is 2.